The first-order valence-corrected chi connectivity index (χ1v) is 7.48. The summed E-state index contributed by atoms with van der Waals surface area (Å²) in [6.07, 6.45) is 7.00. The zero-order valence-corrected chi connectivity index (χ0v) is 10.9. The van der Waals surface area contributed by atoms with Gasteiger partial charge < -0.3 is 10.6 Å². The molecule has 1 aliphatic heterocycles. The Morgan fingerprint density at radius 3 is 3.00 bits per heavy atom. The van der Waals surface area contributed by atoms with E-state index in [9.17, 15) is 0 Å². The predicted octanol–water partition coefficient (Wildman–Crippen LogP) is 2.93. The minimum absolute atomic E-state index is 0.747. The number of fused-ring (bicyclic) bond motifs is 3. The first-order valence-electron chi connectivity index (χ1n) is 7.48. The third-order valence-corrected chi connectivity index (χ3v) is 5.22. The third-order valence-electron chi connectivity index (χ3n) is 5.22. The smallest absolute Gasteiger partial charge is 0.0390 e. The number of nitrogens with one attached hydrogen (secondary N) is 2. The Balaban J connectivity index is 1.58. The molecule has 18 heavy (non-hydrogen) atoms. The van der Waals surface area contributed by atoms with Gasteiger partial charge in [-0.05, 0) is 61.3 Å². The van der Waals surface area contributed by atoms with Gasteiger partial charge in [-0.15, -0.1) is 0 Å². The maximum Gasteiger partial charge on any atom is 0.0390 e. The van der Waals surface area contributed by atoms with E-state index in [1.54, 1.807) is 5.56 Å². The largest absolute Gasteiger partial charge is 0.382 e. The van der Waals surface area contributed by atoms with Crippen molar-refractivity contribution in [1.82, 2.24) is 5.32 Å². The molecule has 2 saturated carbocycles. The highest BCUT2D eigenvalue weighted by Gasteiger charge is 2.39. The van der Waals surface area contributed by atoms with Crippen molar-refractivity contribution in [2.24, 2.45) is 11.8 Å². The number of hydrogen-bond donors (Lipinski definition) is 2. The fourth-order valence-electron chi connectivity index (χ4n) is 4.27. The van der Waals surface area contributed by atoms with E-state index in [0.717, 1.165) is 31.0 Å². The van der Waals surface area contributed by atoms with Gasteiger partial charge in [0, 0.05) is 18.3 Å². The minimum Gasteiger partial charge on any atom is -0.382 e. The second kappa shape index (κ2) is 4.27. The van der Waals surface area contributed by atoms with Crippen LogP contribution >= 0.6 is 0 Å². The van der Waals surface area contributed by atoms with Gasteiger partial charge in [-0.2, -0.15) is 0 Å². The summed E-state index contributed by atoms with van der Waals surface area (Å²) in [5.41, 5.74) is 4.46. The van der Waals surface area contributed by atoms with Gasteiger partial charge in [0.2, 0.25) is 0 Å². The molecule has 0 radical (unpaired) electrons. The summed E-state index contributed by atoms with van der Waals surface area (Å²) in [5, 5.41) is 7.36. The van der Waals surface area contributed by atoms with Gasteiger partial charge in [-0.25, -0.2) is 0 Å². The highest BCUT2D eigenvalue weighted by molar-refractivity contribution is 5.56. The Hall–Kier alpha value is -1.02. The SMILES string of the molecule is c1cc2c(c(NC3CC4CCC3C4)c1)CNCC2. The lowest BCUT2D eigenvalue weighted by Gasteiger charge is -2.27. The molecule has 2 heteroatoms. The summed E-state index contributed by atoms with van der Waals surface area (Å²) in [6, 6.07) is 7.54. The molecule has 1 aromatic carbocycles. The normalized spacial score (nSPS) is 33.4. The van der Waals surface area contributed by atoms with Crippen LogP contribution in [0.1, 0.15) is 36.8 Å². The van der Waals surface area contributed by atoms with Gasteiger partial charge in [-0.3, -0.25) is 0 Å². The molecule has 3 unspecified atom stereocenters. The van der Waals surface area contributed by atoms with Crippen LogP contribution in [0.25, 0.3) is 0 Å². The molecular formula is C16H22N2. The van der Waals surface area contributed by atoms with Crippen LogP contribution in [-0.4, -0.2) is 12.6 Å². The molecular weight excluding hydrogens is 220 g/mol. The van der Waals surface area contributed by atoms with E-state index in [2.05, 4.69) is 28.8 Å². The topological polar surface area (TPSA) is 24.1 Å². The van der Waals surface area contributed by atoms with Crippen molar-refractivity contribution in [3.05, 3.63) is 29.3 Å². The molecule has 3 atom stereocenters. The van der Waals surface area contributed by atoms with E-state index < -0.39 is 0 Å². The lowest BCUT2D eigenvalue weighted by atomic mass is 9.93. The van der Waals surface area contributed by atoms with Crippen LogP contribution in [0.3, 0.4) is 0 Å². The lowest BCUT2D eigenvalue weighted by molar-refractivity contribution is 0.439. The molecule has 2 bridgehead atoms. The van der Waals surface area contributed by atoms with Crippen LogP contribution in [0.15, 0.2) is 18.2 Å². The maximum atomic E-state index is 3.86. The first kappa shape index (κ1) is 10.9. The van der Waals surface area contributed by atoms with Crippen LogP contribution in [0.2, 0.25) is 0 Å². The van der Waals surface area contributed by atoms with Crippen LogP contribution in [0.4, 0.5) is 5.69 Å². The third kappa shape index (κ3) is 1.74. The van der Waals surface area contributed by atoms with Crippen molar-refractivity contribution in [3.63, 3.8) is 0 Å². The van der Waals surface area contributed by atoms with E-state index >= 15 is 0 Å². The standard InChI is InChI=1S/C16H22N2/c1-2-12-6-7-17-10-14(12)15(3-1)18-16-9-11-4-5-13(16)8-11/h1-3,11,13,16-18H,4-10H2. The van der Waals surface area contributed by atoms with Crippen molar-refractivity contribution in [2.75, 3.05) is 11.9 Å². The summed E-state index contributed by atoms with van der Waals surface area (Å²) in [4.78, 5) is 0. The van der Waals surface area contributed by atoms with Crippen molar-refractivity contribution in [1.29, 1.82) is 0 Å². The Morgan fingerprint density at radius 1 is 1.17 bits per heavy atom. The second-order valence-electron chi connectivity index (χ2n) is 6.30. The average molecular weight is 242 g/mol. The summed E-state index contributed by atoms with van der Waals surface area (Å²) < 4.78 is 0. The molecule has 2 aliphatic carbocycles. The molecule has 2 fully saturated rings. The number of benzene rings is 1. The first-order chi connectivity index (χ1) is 8.90. The summed E-state index contributed by atoms with van der Waals surface area (Å²) >= 11 is 0. The molecule has 4 rings (SSSR count). The Bertz CT molecular complexity index is 454. The van der Waals surface area contributed by atoms with E-state index in [1.165, 1.54) is 43.4 Å². The van der Waals surface area contributed by atoms with Gasteiger partial charge in [0.05, 0.1) is 0 Å². The highest BCUT2D eigenvalue weighted by atomic mass is 15.0. The Kier molecular flexibility index (Phi) is 2.58. The van der Waals surface area contributed by atoms with E-state index in [4.69, 9.17) is 0 Å². The summed E-state index contributed by atoms with van der Waals surface area (Å²) in [5.74, 6) is 1.97. The summed E-state index contributed by atoms with van der Waals surface area (Å²) in [6.45, 7) is 2.17. The Morgan fingerprint density at radius 2 is 2.17 bits per heavy atom. The molecule has 96 valence electrons. The quantitative estimate of drug-likeness (QED) is 0.833. The zero-order chi connectivity index (χ0) is 11.9. The van der Waals surface area contributed by atoms with Crippen LogP contribution in [-0.2, 0) is 13.0 Å². The highest BCUT2D eigenvalue weighted by Crippen LogP contribution is 2.45. The molecule has 0 spiro atoms. The van der Waals surface area contributed by atoms with E-state index in [0.29, 0.717) is 0 Å². The van der Waals surface area contributed by atoms with Gasteiger partial charge in [0.15, 0.2) is 0 Å². The van der Waals surface area contributed by atoms with Gasteiger partial charge in [0.25, 0.3) is 0 Å². The molecule has 2 N–H and O–H groups in total. The van der Waals surface area contributed by atoms with Crippen LogP contribution in [0.5, 0.6) is 0 Å². The fourth-order valence-corrected chi connectivity index (χ4v) is 4.27. The van der Waals surface area contributed by atoms with E-state index in [-0.39, 0.29) is 0 Å². The van der Waals surface area contributed by atoms with Crippen molar-refractivity contribution < 1.29 is 0 Å². The Labute approximate surface area is 109 Å². The maximum absolute atomic E-state index is 3.86. The lowest BCUT2D eigenvalue weighted by Crippen LogP contribution is -2.29. The molecule has 2 nitrogen and oxygen atoms in total. The number of anilines is 1. The van der Waals surface area contributed by atoms with Gasteiger partial charge in [-0.1, -0.05) is 18.6 Å². The van der Waals surface area contributed by atoms with Crippen LogP contribution in [0, 0.1) is 11.8 Å². The number of rotatable bonds is 2. The molecule has 1 aromatic rings. The van der Waals surface area contributed by atoms with Crippen molar-refractivity contribution in [3.8, 4) is 0 Å². The van der Waals surface area contributed by atoms with Crippen molar-refractivity contribution in [2.45, 2.75) is 44.7 Å². The van der Waals surface area contributed by atoms with Crippen LogP contribution < -0.4 is 10.6 Å². The van der Waals surface area contributed by atoms with Crippen molar-refractivity contribution >= 4 is 5.69 Å². The van der Waals surface area contributed by atoms with Gasteiger partial charge in [0.1, 0.15) is 0 Å². The minimum atomic E-state index is 0.747. The molecule has 0 aromatic heterocycles. The average Bonchev–Trinajstić information content (AvgIpc) is 3.01. The van der Waals surface area contributed by atoms with Gasteiger partial charge >= 0.3 is 0 Å². The molecule has 0 saturated heterocycles. The fraction of sp³-hybridized carbons (Fsp3) is 0.625. The predicted molar refractivity (Wildman–Crippen MR) is 74.7 cm³/mol. The van der Waals surface area contributed by atoms with E-state index in [1.807, 2.05) is 0 Å². The molecule has 0 amide bonds. The zero-order valence-electron chi connectivity index (χ0n) is 10.9. The molecule has 1 heterocycles. The molecule has 3 aliphatic rings. The second-order valence-corrected chi connectivity index (χ2v) is 6.30. The monoisotopic (exact) mass is 242 g/mol. The summed E-state index contributed by atoms with van der Waals surface area (Å²) in [7, 11) is 0. The number of hydrogen-bond acceptors (Lipinski definition) is 2.